The third-order valence-corrected chi connectivity index (χ3v) is 3.55. The molecule has 0 saturated heterocycles. The van der Waals surface area contributed by atoms with E-state index in [0.717, 1.165) is 0 Å². The molecule has 0 fully saturated rings. The molecular formula is C14H18N6O5. The van der Waals surface area contributed by atoms with Gasteiger partial charge in [-0.2, -0.15) is 9.78 Å². The van der Waals surface area contributed by atoms with Crippen molar-refractivity contribution in [2.75, 3.05) is 12.4 Å². The predicted molar refractivity (Wildman–Crippen MR) is 86.1 cm³/mol. The molecule has 0 aliphatic rings. The summed E-state index contributed by atoms with van der Waals surface area (Å²) in [4.78, 5) is 34.6. The van der Waals surface area contributed by atoms with Crippen LogP contribution in [0.2, 0.25) is 0 Å². The monoisotopic (exact) mass is 350 g/mol. The van der Waals surface area contributed by atoms with Gasteiger partial charge in [0, 0.05) is 13.2 Å². The van der Waals surface area contributed by atoms with Gasteiger partial charge in [-0.05, 0) is 18.3 Å². The number of carbonyl (C=O) groups is 2. The molecule has 2 aromatic heterocycles. The Balaban J connectivity index is 2.30. The minimum absolute atomic E-state index is 0.0311. The number of nitrogens with zero attached hydrogens (tertiary/aromatic N) is 5. The lowest BCUT2D eigenvalue weighted by Gasteiger charge is -2.13. The van der Waals surface area contributed by atoms with Gasteiger partial charge in [-0.1, -0.05) is 6.92 Å². The van der Waals surface area contributed by atoms with Crippen LogP contribution in [0.1, 0.15) is 35.6 Å². The number of hydrogen-bond donors (Lipinski definition) is 1. The Bertz CT molecular complexity index is 824. The van der Waals surface area contributed by atoms with Gasteiger partial charge in [-0.25, -0.2) is 4.79 Å². The quantitative estimate of drug-likeness (QED) is 0.470. The maximum absolute atomic E-state index is 12.6. The van der Waals surface area contributed by atoms with E-state index in [1.165, 1.54) is 28.7 Å². The van der Waals surface area contributed by atoms with E-state index in [1.54, 1.807) is 20.9 Å². The zero-order chi connectivity index (χ0) is 18.7. The van der Waals surface area contributed by atoms with Crippen LogP contribution in [0, 0.1) is 17.0 Å². The number of rotatable bonds is 6. The smallest absolute Gasteiger partial charge is 0.390 e. The number of esters is 1. The lowest BCUT2D eigenvalue weighted by Crippen LogP contribution is -2.27. The van der Waals surface area contributed by atoms with Crippen molar-refractivity contribution in [3.63, 3.8) is 0 Å². The Kier molecular flexibility index (Phi) is 5.15. The van der Waals surface area contributed by atoms with E-state index in [9.17, 15) is 19.7 Å². The molecule has 0 spiro atoms. The summed E-state index contributed by atoms with van der Waals surface area (Å²) in [6, 6.07) is 0.513. The fraction of sp³-hybridized carbons (Fsp3) is 0.429. The first-order chi connectivity index (χ1) is 11.8. The first kappa shape index (κ1) is 18.1. The van der Waals surface area contributed by atoms with Gasteiger partial charge in [-0.15, -0.1) is 0 Å². The lowest BCUT2D eigenvalue weighted by molar-refractivity contribution is -0.389. The van der Waals surface area contributed by atoms with Crippen LogP contribution in [0.15, 0.2) is 12.3 Å². The molecule has 1 amide bonds. The zero-order valence-corrected chi connectivity index (χ0v) is 14.2. The molecule has 11 nitrogen and oxygen atoms in total. The summed E-state index contributed by atoms with van der Waals surface area (Å²) in [5.41, 5.74) is 0.640. The number of carbonyl (C=O) groups excluding carboxylic acids is 2. The topological polar surface area (TPSA) is 134 Å². The van der Waals surface area contributed by atoms with Crippen LogP contribution in [0.25, 0.3) is 0 Å². The number of aromatic nitrogens is 4. The molecule has 1 unspecified atom stereocenters. The van der Waals surface area contributed by atoms with Crippen molar-refractivity contribution in [3.8, 4) is 0 Å². The standard InChI is InChI=1S/C14H18N6O5/c1-5-10(19-8(2)6-11(16-19)20(23)24)13(21)15-9-7-18(3)17-12(9)14(22)25-4/h6-7,10H,5H2,1-4H3,(H,15,21). The highest BCUT2D eigenvalue weighted by Crippen LogP contribution is 2.22. The fourth-order valence-electron chi connectivity index (χ4n) is 2.39. The molecular weight excluding hydrogens is 332 g/mol. The molecule has 0 radical (unpaired) electrons. The fourth-order valence-corrected chi connectivity index (χ4v) is 2.39. The van der Waals surface area contributed by atoms with E-state index in [0.29, 0.717) is 12.1 Å². The van der Waals surface area contributed by atoms with Crippen LogP contribution < -0.4 is 5.32 Å². The van der Waals surface area contributed by atoms with Gasteiger partial charge in [0.25, 0.3) is 5.91 Å². The number of methoxy groups -OCH3 is 1. The van der Waals surface area contributed by atoms with Crippen molar-refractivity contribution in [1.82, 2.24) is 19.6 Å². The Morgan fingerprint density at radius 3 is 2.64 bits per heavy atom. The second kappa shape index (κ2) is 7.11. The second-order valence-electron chi connectivity index (χ2n) is 5.32. The van der Waals surface area contributed by atoms with Crippen LogP contribution in [0.5, 0.6) is 0 Å². The number of nitrogens with one attached hydrogen (secondary N) is 1. The predicted octanol–water partition coefficient (Wildman–Crippen LogP) is 1.21. The molecule has 0 aliphatic carbocycles. The van der Waals surface area contributed by atoms with Gasteiger partial charge >= 0.3 is 11.8 Å². The maximum atomic E-state index is 12.6. The molecule has 0 bridgehead atoms. The van der Waals surface area contributed by atoms with E-state index in [4.69, 9.17) is 0 Å². The van der Waals surface area contributed by atoms with E-state index in [2.05, 4.69) is 20.3 Å². The van der Waals surface area contributed by atoms with Crippen molar-refractivity contribution in [2.45, 2.75) is 26.3 Å². The van der Waals surface area contributed by atoms with E-state index in [1.807, 2.05) is 0 Å². The third-order valence-electron chi connectivity index (χ3n) is 3.55. The number of hydrogen-bond acceptors (Lipinski definition) is 7. The summed E-state index contributed by atoms with van der Waals surface area (Å²) in [7, 11) is 2.81. The molecule has 134 valence electrons. The van der Waals surface area contributed by atoms with Gasteiger partial charge in [0.15, 0.2) is 11.7 Å². The largest absolute Gasteiger partial charge is 0.464 e. The SMILES string of the molecule is CCC(C(=O)Nc1cn(C)nc1C(=O)OC)n1nc([N+](=O)[O-])cc1C. The molecule has 0 saturated carbocycles. The normalized spacial score (nSPS) is 11.8. The minimum atomic E-state index is -0.778. The average Bonchev–Trinajstić information content (AvgIpc) is 3.11. The number of ether oxygens (including phenoxy) is 1. The highest BCUT2D eigenvalue weighted by molar-refractivity contribution is 6.00. The Morgan fingerprint density at radius 1 is 1.44 bits per heavy atom. The number of nitro groups is 1. The van der Waals surface area contributed by atoms with Crippen molar-refractivity contribution in [3.05, 3.63) is 33.8 Å². The van der Waals surface area contributed by atoms with Crippen LogP contribution in [-0.2, 0) is 16.6 Å². The number of amides is 1. The summed E-state index contributed by atoms with van der Waals surface area (Å²) < 4.78 is 7.29. The summed E-state index contributed by atoms with van der Waals surface area (Å²) in [6.45, 7) is 3.38. The summed E-state index contributed by atoms with van der Waals surface area (Å²) >= 11 is 0. The zero-order valence-electron chi connectivity index (χ0n) is 14.2. The van der Waals surface area contributed by atoms with Gasteiger partial charge < -0.3 is 20.2 Å². The van der Waals surface area contributed by atoms with Gasteiger partial charge in [0.1, 0.15) is 0 Å². The molecule has 1 N–H and O–H groups in total. The third kappa shape index (κ3) is 3.65. The van der Waals surface area contributed by atoms with Crippen molar-refractivity contribution < 1.29 is 19.2 Å². The highest BCUT2D eigenvalue weighted by Gasteiger charge is 2.28. The van der Waals surface area contributed by atoms with Crippen LogP contribution >= 0.6 is 0 Å². The second-order valence-corrected chi connectivity index (χ2v) is 5.32. The molecule has 0 aromatic carbocycles. The van der Waals surface area contributed by atoms with Gasteiger partial charge in [0.05, 0.1) is 29.7 Å². The summed E-state index contributed by atoms with van der Waals surface area (Å²) in [6.07, 6.45) is 1.81. The maximum Gasteiger partial charge on any atom is 0.390 e. The van der Waals surface area contributed by atoms with E-state index < -0.39 is 22.8 Å². The van der Waals surface area contributed by atoms with Crippen molar-refractivity contribution >= 4 is 23.4 Å². The summed E-state index contributed by atoms with van der Waals surface area (Å²) in [5.74, 6) is -1.49. The lowest BCUT2D eigenvalue weighted by atomic mass is 10.2. The van der Waals surface area contributed by atoms with E-state index >= 15 is 0 Å². The first-order valence-corrected chi connectivity index (χ1v) is 7.41. The molecule has 2 aromatic rings. The van der Waals surface area contributed by atoms with Crippen molar-refractivity contribution in [1.29, 1.82) is 0 Å². The van der Waals surface area contributed by atoms with Crippen molar-refractivity contribution in [2.24, 2.45) is 7.05 Å². The van der Waals surface area contributed by atoms with E-state index in [-0.39, 0.29) is 17.2 Å². The number of anilines is 1. The average molecular weight is 350 g/mol. The molecule has 11 heteroatoms. The molecule has 1 atom stereocenters. The molecule has 2 rings (SSSR count). The Labute approximate surface area is 142 Å². The minimum Gasteiger partial charge on any atom is -0.464 e. The Morgan fingerprint density at radius 2 is 2.12 bits per heavy atom. The highest BCUT2D eigenvalue weighted by atomic mass is 16.6. The molecule has 25 heavy (non-hydrogen) atoms. The van der Waals surface area contributed by atoms with Crippen LogP contribution in [-0.4, -0.2) is 43.5 Å². The van der Waals surface area contributed by atoms with Crippen LogP contribution in [0.3, 0.4) is 0 Å². The van der Waals surface area contributed by atoms with Crippen LogP contribution in [0.4, 0.5) is 11.5 Å². The molecule has 0 aliphatic heterocycles. The Hall–Kier alpha value is -3.24. The number of aryl methyl sites for hydroxylation is 2. The summed E-state index contributed by atoms with van der Waals surface area (Å²) in [5, 5.41) is 21.3. The molecule has 2 heterocycles. The van der Waals surface area contributed by atoms with Gasteiger partial charge in [0.2, 0.25) is 0 Å². The van der Waals surface area contributed by atoms with Gasteiger partial charge in [-0.3, -0.25) is 9.48 Å². The first-order valence-electron chi connectivity index (χ1n) is 7.41.